The van der Waals surface area contributed by atoms with E-state index in [2.05, 4.69) is 20.6 Å². The van der Waals surface area contributed by atoms with Crippen LogP contribution in [0.3, 0.4) is 0 Å². The molecule has 144 valence electrons. The molecule has 28 heavy (non-hydrogen) atoms. The maximum Gasteiger partial charge on any atom is 0.337 e. The van der Waals surface area contributed by atoms with Crippen LogP contribution < -0.4 is 15.4 Å². The zero-order valence-electron chi connectivity index (χ0n) is 15.6. The Morgan fingerprint density at radius 3 is 2.25 bits per heavy atom. The second-order valence-corrected chi connectivity index (χ2v) is 6.26. The summed E-state index contributed by atoms with van der Waals surface area (Å²) in [5.74, 6) is 1.95. The van der Waals surface area contributed by atoms with E-state index in [1.807, 2.05) is 12.1 Å². The predicted octanol–water partition coefficient (Wildman–Crippen LogP) is 4.72. The van der Waals surface area contributed by atoms with Gasteiger partial charge in [-0.2, -0.15) is 0 Å². The summed E-state index contributed by atoms with van der Waals surface area (Å²) in [7, 11) is 2.91. The molecule has 0 aliphatic heterocycles. The number of aromatic nitrogens is 2. The van der Waals surface area contributed by atoms with Crippen molar-refractivity contribution in [1.29, 1.82) is 0 Å². The van der Waals surface area contributed by atoms with E-state index in [0.717, 1.165) is 5.69 Å². The number of nitrogens with one attached hydrogen (secondary N) is 2. The summed E-state index contributed by atoms with van der Waals surface area (Å²) in [4.78, 5) is 20.5. The number of hydrogen-bond donors (Lipinski definition) is 2. The van der Waals surface area contributed by atoms with Gasteiger partial charge in [0.25, 0.3) is 0 Å². The molecule has 0 unspecified atom stereocenters. The van der Waals surface area contributed by atoms with Gasteiger partial charge >= 0.3 is 5.97 Å². The van der Waals surface area contributed by atoms with Crippen molar-refractivity contribution in [2.45, 2.75) is 6.92 Å². The third-order valence-electron chi connectivity index (χ3n) is 3.82. The number of anilines is 4. The van der Waals surface area contributed by atoms with Gasteiger partial charge < -0.3 is 20.1 Å². The molecule has 0 radical (unpaired) electrons. The molecule has 2 aromatic carbocycles. The number of esters is 1. The fourth-order valence-electron chi connectivity index (χ4n) is 2.58. The number of benzene rings is 2. The van der Waals surface area contributed by atoms with Gasteiger partial charge in [-0.15, -0.1) is 0 Å². The molecular formula is C20H19ClN4O3. The Morgan fingerprint density at radius 1 is 0.964 bits per heavy atom. The lowest BCUT2D eigenvalue weighted by molar-refractivity contribution is 0.0601. The molecule has 3 aromatic rings. The first-order chi connectivity index (χ1) is 13.5. The van der Waals surface area contributed by atoms with Crippen LogP contribution in [0.1, 0.15) is 16.2 Å². The van der Waals surface area contributed by atoms with Gasteiger partial charge in [-0.1, -0.05) is 17.7 Å². The quantitative estimate of drug-likeness (QED) is 0.581. The lowest BCUT2D eigenvalue weighted by Gasteiger charge is -2.12. The van der Waals surface area contributed by atoms with E-state index in [0.29, 0.717) is 39.5 Å². The minimum Gasteiger partial charge on any atom is -0.495 e. The number of hydrogen-bond acceptors (Lipinski definition) is 7. The van der Waals surface area contributed by atoms with Crippen LogP contribution in [0, 0.1) is 6.92 Å². The predicted molar refractivity (Wildman–Crippen MR) is 109 cm³/mol. The van der Waals surface area contributed by atoms with Crippen LogP contribution >= 0.6 is 11.6 Å². The van der Waals surface area contributed by atoms with Gasteiger partial charge in [0.15, 0.2) is 0 Å². The number of rotatable bonds is 6. The molecule has 0 aliphatic carbocycles. The Labute approximate surface area is 167 Å². The van der Waals surface area contributed by atoms with Crippen molar-refractivity contribution < 1.29 is 14.3 Å². The van der Waals surface area contributed by atoms with E-state index in [-0.39, 0.29) is 0 Å². The van der Waals surface area contributed by atoms with Crippen LogP contribution in [0.15, 0.2) is 48.5 Å². The number of halogens is 1. The minimum atomic E-state index is -0.402. The molecule has 1 aromatic heterocycles. The van der Waals surface area contributed by atoms with E-state index in [9.17, 15) is 4.79 Å². The summed E-state index contributed by atoms with van der Waals surface area (Å²) in [5, 5.41) is 6.87. The van der Waals surface area contributed by atoms with Gasteiger partial charge in [0.1, 0.15) is 23.2 Å². The first-order valence-electron chi connectivity index (χ1n) is 8.40. The van der Waals surface area contributed by atoms with Crippen LogP contribution in [-0.2, 0) is 4.74 Å². The van der Waals surface area contributed by atoms with Gasteiger partial charge in [-0.05, 0) is 43.3 Å². The van der Waals surface area contributed by atoms with Crippen LogP contribution in [0.4, 0.5) is 23.0 Å². The molecule has 8 heteroatoms. The average molecular weight is 399 g/mol. The molecule has 2 N–H and O–H groups in total. The van der Waals surface area contributed by atoms with Crippen molar-refractivity contribution in [2.75, 3.05) is 24.9 Å². The molecule has 3 rings (SSSR count). The Bertz CT molecular complexity index is 1010. The molecule has 0 atom stereocenters. The fourth-order valence-corrected chi connectivity index (χ4v) is 2.84. The third-order valence-corrected chi connectivity index (χ3v) is 4.11. The Kier molecular flexibility index (Phi) is 5.96. The van der Waals surface area contributed by atoms with Crippen molar-refractivity contribution in [2.24, 2.45) is 0 Å². The van der Waals surface area contributed by atoms with Crippen molar-refractivity contribution in [3.63, 3.8) is 0 Å². The normalized spacial score (nSPS) is 10.3. The monoisotopic (exact) mass is 398 g/mol. The highest BCUT2D eigenvalue weighted by atomic mass is 35.5. The number of nitrogens with zero attached hydrogens (tertiary/aromatic N) is 2. The van der Waals surface area contributed by atoms with E-state index < -0.39 is 5.97 Å². The van der Waals surface area contributed by atoms with E-state index in [1.165, 1.54) is 7.11 Å². The fraction of sp³-hybridized carbons (Fsp3) is 0.150. The Balaban J connectivity index is 1.82. The second kappa shape index (κ2) is 8.58. The largest absolute Gasteiger partial charge is 0.495 e. The number of carbonyl (C=O) groups excluding carboxylic acids is 1. The summed E-state index contributed by atoms with van der Waals surface area (Å²) in [5.41, 5.74) is 1.92. The molecule has 0 amide bonds. The lowest BCUT2D eigenvalue weighted by atomic mass is 10.2. The van der Waals surface area contributed by atoms with E-state index >= 15 is 0 Å². The minimum absolute atomic E-state index is 0.402. The van der Waals surface area contributed by atoms with Gasteiger partial charge in [-0.3, -0.25) is 0 Å². The van der Waals surface area contributed by atoms with Gasteiger partial charge in [0, 0.05) is 17.4 Å². The van der Waals surface area contributed by atoms with Gasteiger partial charge in [-0.25, -0.2) is 14.8 Å². The van der Waals surface area contributed by atoms with Crippen LogP contribution in [-0.4, -0.2) is 30.2 Å². The molecular weight excluding hydrogens is 380 g/mol. The third kappa shape index (κ3) is 4.69. The van der Waals surface area contributed by atoms with Crippen LogP contribution in [0.2, 0.25) is 5.02 Å². The first-order valence-corrected chi connectivity index (χ1v) is 8.78. The molecule has 0 aliphatic rings. The highest BCUT2D eigenvalue weighted by Gasteiger charge is 2.08. The van der Waals surface area contributed by atoms with E-state index in [1.54, 1.807) is 50.4 Å². The Morgan fingerprint density at radius 2 is 1.64 bits per heavy atom. The Hall–Kier alpha value is -3.32. The van der Waals surface area contributed by atoms with Crippen molar-refractivity contribution in [1.82, 2.24) is 9.97 Å². The first kappa shape index (κ1) is 19.4. The standard InChI is InChI=1S/C20H19ClN4O3/c1-12-22-18(24-14-6-4-5-13(9-14)20(26)28-3)11-19(23-12)25-15-7-8-17(27-2)16(21)10-15/h4-11H,1-3H3,(H2,22,23,24,25). The number of carbonyl (C=O) groups is 1. The highest BCUT2D eigenvalue weighted by Crippen LogP contribution is 2.29. The molecule has 0 spiro atoms. The zero-order chi connectivity index (χ0) is 20.1. The molecule has 7 nitrogen and oxygen atoms in total. The number of aryl methyl sites for hydroxylation is 1. The maximum atomic E-state index is 11.7. The van der Waals surface area contributed by atoms with Crippen LogP contribution in [0.5, 0.6) is 5.75 Å². The lowest BCUT2D eigenvalue weighted by Crippen LogP contribution is -2.04. The number of ether oxygens (including phenoxy) is 2. The van der Waals surface area contributed by atoms with Crippen molar-refractivity contribution >= 4 is 40.6 Å². The summed E-state index contributed by atoms with van der Waals surface area (Å²) < 4.78 is 9.91. The molecule has 0 bridgehead atoms. The molecule has 1 heterocycles. The van der Waals surface area contributed by atoms with Crippen molar-refractivity contribution in [3.05, 3.63) is 64.9 Å². The summed E-state index contributed by atoms with van der Waals surface area (Å²) >= 11 is 6.17. The van der Waals surface area contributed by atoms with Gasteiger partial charge in [0.2, 0.25) is 0 Å². The molecule has 0 saturated carbocycles. The summed E-state index contributed by atoms with van der Waals surface area (Å²) in [6.07, 6.45) is 0. The summed E-state index contributed by atoms with van der Waals surface area (Å²) in [6.45, 7) is 1.79. The topological polar surface area (TPSA) is 85.4 Å². The van der Waals surface area contributed by atoms with Crippen LogP contribution in [0.25, 0.3) is 0 Å². The molecule has 0 fully saturated rings. The van der Waals surface area contributed by atoms with Crippen molar-refractivity contribution in [3.8, 4) is 5.75 Å². The second-order valence-electron chi connectivity index (χ2n) is 5.86. The summed E-state index contributed by atoms with van der Waals surface area (Å²) in [6, 6.07) is 14.1. The highest BCUT2D eigenvalue weighted by molar-refractivity contribution is 6.32. The number of methoxy groups -OCH3 is 2. The SMILES string of the molecule is COC(=O)c1cccc(Nc2cc(Nc3ccc(OC)c(Cl)c3)nc(C)n2)c1. The van der Waals surface area contributed by atoms with Gasteiger partial charge in [0.05, 0.1) is 24.8 Å². The van der Waals surface area contributed by atoms with E-state index in [4.69, 9.17) is 21.1 Å². The smallest absolute Gasteiger partial charge is 0.337 e. The maximum absolute atomic E-state index is 11.7. The zero-order valence-corrected chi connectivity index (χ0v) is 16.4. The average Bonchev–Trinajstić information content (AvgIpc) is 2.67. The molecule has 0 saturated heterocycles.